The fourth-order valence-corrected chi connectivity index (χ4v) is 1.86. The van der Waals surface area contributed by atoms with Gasteiger partial charge in [0.1, 0.15) is 12.3 Å². The van der Waals surface area contributed by atoms with Crippen LogP contribution in [0.5, 0.6) is 0 Å². The first kappa shape index (κ1) is 10.4. The van der Waals surface area contributed by atoms with Gasteiger partial charge in [-0.05, 0) is 41.5 Å². The van der Waals surface area contributed by atoms with E-state index in [2.05, 4.69) is 62.4 Å². The minimum Gasteiger partial charge on any atom is -0.231 e. The summed E-state index contributed by atoms with van der Waals surface area (Å²) < 4.78 is 0. The van der Waals surface area contributed by atoms with Gasteiger partial charge in [0.15, 0.2) is 0 Å². The van der Waals surface area contributed by atoms with E-state index in [9.17, 15) is 0 Å². The summed E-state index contributed by atoms with van der Waals surface area (Å²) in [7, 11) is 0. The molecule has 2 saturated heterocycles. The molecule has 0 aromatic carbocycles. The zero-order valence-corrected chi connectivity index (χ0v) is 10.0. The van der Waals surface area contributed by atoms with Crippen LogP contribution < -0.4 is 10.9 Å². The van der Waals surface area contributed by atoms with Gasteiger partial charge in [0, 0.05) is 11.1 Å². The van der Waals surface area contributed by atoms with E-state index in [4.69, 9.17) is 0 Å². The van der Waals surface area contributed by atoms with Crippen molar-refractivity contribution in [2.45, 2.75) is 65.0 Å². The average Bonchev–Trinajstić information content (AvgIpc) is 2.76. The summed E-state index contributed by atoms with van der Waals surface area (Å²) in [6.45, 7) is 13.4. The molecule has 0 bridgehead atoms. The molecule has 0 aromatic rings. The second-order valence-electron chi connectivity index (χ2n) is 6.23. The second kappa shape index (κ2) is 2.70. The largest absolute Gasteiger partial charge is 0.231 e. The van der Waals surface area contributed by atoms with Gasteiger partial charge in [-0.25, -0.2) is 20.9 Å². The Labute approximate surface area is 86.6 Å². The maximum Gasteiger partial charge on any atom is 0.118 e. The minimum absolute atomic E-state index is 0.221. The van der Waals surface area contributed by atoms with Crippen LogP contribution >= 0.6 is 0 Å². The van der Waals surface area contributed by atoms with E-state index < -0.39 is 0 Å². The molecule has 14 heavy (non-hydrogen) atoms. The van der Waals surface area contributed by atoms with Crippen molar-refractivity contribution in [3.8, 4) is 0 Å². The van der Waals surface area contributed by atoms with Crippen LogP contribution in [0.2, 0.25) is 0 Å². The van der Waals surface area contributed by atoms with Gasteiger partial charge in [-0.3, -0.25) is 0 Å². The predicted molar refractivity (Wildman–Crippen MR) is 57.0 cm³/mol. The summed E-state index contributed by atoms with van der Waals surface area (Å²) in [5.41, 5.74) is 7.25. The maximum absolute atomic E-state index is 3.40. The lowest BCUT2D eigenvalue weighted by atomic mass is 10.1. The van der Waals surface area contributed by atoms with Gasteiger partial charge in [-0.15, -0.1) is 0 Å². The first-order valence-corrected chi connectivity index (χ1v) is 5.32. The van der Waals surface area contributed by atoms with E-state index in [0.717, 1.165) is 0 Å². The minimum atomic E-state index is 0.221. The highest BCUT2D eigenvalue weighted by atomic mass is 15.9. The second-order valence-corrected chi connectivity index (χ2v) is 6.23. The Kier molecular flexibility index (Phi) is 2.00. The molecule has 2 rings (SSSR count). The van der Waals surface area contributed by atoms with Crippen molar-refractivity contribution >= 4 is 0 Å². The lowest BCUT2D eigenvalue weighted by Crippen LogP contribution is -2.33. The molecule has 0 amide bonds. The van der Waals surface area contributed by atoms with Gasteiger partial charge < -0.3 is 0 Å². The topological polar surface area (TPSA) is 49.9 Å². The first-order valence-electron chi connectivity index (χ1n) is 5.32. The molecule has 4 unspecified atom stereocenters. The van der Waals surface area contributed by atoms with Crippen LogP contribution in [0.25, 0.3) is 0 Å². The Bertz CT molecular complexity index is 211. The summed E-state index contributed by atoms with van der Waals surface area (Å²) in [4.78, 5) is 0. The molecule has 4 nitrogen and oxygen atoms in total. The number of nitrogens with zero attached hydrogens (tertiary/aromatic N) is 2. The van der Waals surface area contributed by atoms with Crippen LogP contribution in [0.15, 0.2) is 0 Å². The third-order valence-corrected chi connectivity index (χ3v) is 2.71. The van der Waals surface area contributed by atoms with E-state index >= 15 is 0 Å². The molecule has 0 saturated carbocycles. The molecule has 0 spiro atoms. The fourth-order valence-electron chi connectivity index (χ4n) is 1.86. The average molecular weight is 198 g/mol. The quantitative estimate of drug-likeness (QED) is 0.614. The Morgan fingerprint density at radius 1 is 0.714 bits per heavy atom. The molecule has 0 aromatic heterocycles. The van der Waals surface area contributed by atoms with Gasteiger partial charge >= 0.3 is 0 Å². The number of hydrazine groups is 2. The van der Waals surface area contributed by atoms with Gasteiger partial charge in [0.2, 0.25) is 0 Å². The van der Waals surface area contributed by atoms with Crippen molar-refractivity contribution in [2.24, 2.45) is 0 Å². The van der Waals surface area contributed by atoms with Gasteiger partial charge in [0.05, 0.1) is 0 Å². The molecule has 2 N–H and O–H groups in total. The number of nitrogens with one attached hydrogen (secondary N) is 2. The Morgan fingerprint density at radius 3 is 1.14 bits per heavy atom. The summed E-state index contributed by atoms with van der Waals surface area (Å²) in [6.07, 6.45) is 0.962. The van der Waals surface area contributed by atoms with Gasteiger partial charge in [-0.1, -0.05) is 0 Å². The third-order valence-electron chi connectivity index (χ3n) is 2.71. The van der Waals surface area contributed by atoms with E-state index in [1.54, 1.807) is 0 Å². The molecule has 2 aliphatic heterocycles. The van der Waals surface area contributed by atoms with Crippen molar-refractivity contribution in [2.75, 3.05) is 0 Å². The standard InChI is InChI=1S/C10H22N4/c1-9(2,3)13-7(11-13)8-12-14(8)10(4,5)6/h7-8,11-12H,1-6H3. The zero-order valence-electron chi connectivity index (χ0n) is 10.0. The lowest BCUT2D eigenvalue weighted by Gasteiger charge is -2.20. The van der Waals surface area contributed by atoms with Crippen molar-refractivity contribution in [1.82, 2.24) is 20.9 Å². The highest BCUT2D eigenvalue weighted by Crippen LogP contribution is 2.34. The summed E-state index contributed by atoms with van der Waals surface area (Å²) >= 11 is 0. The van der Waals surface area contributed by atoms with E-state index in [-0.39, 0.29) is 11.1 Å². The van der Waals surface area contributed by atoms with Gasteiger partial charge in [-0.2, -0.15) is 0 Å². The van der Waals surface area contributed by atoms with Crippen molar-refractivity contribution in [1.29, 1.82) is 0 Å². The monoisotopic (exact) mass is 198 g/mol. The molecular weight excluding hydrogens is 176 g/mol. The Morgan fingerprint density at radius 2 is 1.00 bits per heavy atom. The number of hydrogen-bond acceptors (Lipinski definition) is 4. The van der Waals surface area contributed by atoms with Gasteiger partial charge in [0.25, 0.3) is 0 Å². The molecule has 4 atom stereocenters. The Balaban J connectivity index is 1.87. The van der Waals surface area contributed by atoms with E-state index in [0.29, 0.717) is 12.3 Å². The van der Waals surface area contributed by atoms with Crippen LogP contribution in [0.1, 0.15) is 41.5 Å². The van der Waals surface area contributed by atoms with Crippen molar-refractivity contribution < 1.29 is 0 Å². The van der Waals surface area contributed by atoms with Crippen LogP contribution in [-0.2, 0) is 0 Å². The highest BCUT2D eigenvalue weighted by molar-refractivity contribution is 5.03. The smallest absolute Gasteiger partial charge is 0.118 e. The van der Waals surface area contributed by atoms with Crippen LogP contribution in [0, 0.1) is 0 Å². The Hall–Kier alpha value is -0.160. The molecular formula is C10H22N4. The molecule has 0 radical (unpaired) electrons. The van der Waals surface area contributed by atoms with Crippen molar-refractivity contribution in [3.63, 3.8) is 0 Å². The number of rotatable bonds is 1. The van der Waals surface area contributed by atoms with E-state index in [1.807, 2.05) is 0 Å². The fraction of sp³-hybridized carbons (Fsp3) is 1.00. The first-order chi connectivity index (χ1) is 6.21. The zero-order chi connectivity index (χ0) is 10.7. The summed E-state index contributed by atoms with van der Waals surface area (Å²) in [5, 5.41) is 4.60. The van der Waals surface area contributed by atoms with Crippen LogP contribution in [0.4, 0.5) is 0 Å². The molecule has 0 aliphatic carbocycles. The third kappa shape index (κ3) is 1.80. The maximum atomic E-state index is 3.40. The van der Waals surface area contributed by atoms with Crippen molar-refractivity contribution in [3.05, 3.63) is 0 Å². The molecule has 2 fully saturated rings. The van der Waals surface area contributed by atoms with Crippen LogP contribution in [0.3, 0.4) is 0 Å². The highest BCUT2D eigenvalue weighted by Gasteiger charge is 2.57. The predicted octanol–water partition coefficient (Wildman–Crippen LogP) is 0.876. The summed E-state index contributed by atoms with van der Waals surface area (Å²) in [5.74, 6) is 0. The summed E-state index contributed by atoms with van der Waals surface area (Å²) in [6, 6.07) is 0. The normalized spacial score (nSPS) is 42.4. The molecule has 4 heteroatoms. The van der Waals surface area contributed by atoms with E-state index in [1.165, 1.54) is 0 Å². The molecule has 82 valence electrons. The number of hydrogen-bond donors (Lipinski definition) is 2. The SMILES string of the molecule is CC(C)(C)N1NC1C1NN1C(C)(C)C. The molecule has 2 aliphatic rings. The molecule has 2 heterocycles. The lowest BCUT2D eigenvalue weighted by molar-refractivity contribution is 0.235. The van der Waals surface area contributed by atoms with Crippen LogP contribution in [-0.4, -0.2) is 33.4 Å².